The van der Waals surface area contributed by atoms with Crippen molar-refractivity contribution in [2.45, 2.75) is 91.9 Å². The minimum Gasteiger partial charge on any atom is -0.462 e. The van der Waals surface area contributed by atoms with Crippen LogP contribution in [0.15, 0.2) is 24.3 Å². The molecule has 0 radical (unpaired) electrons. The molecule has 0 saturated carbocycles. The number of unbranched alkanes of at least 4 members (excludes halogenated alkanes) is 5. The number of carbonyl (C=O) groups is 2. The Labute approximate surface area is 183 Å². The largest absolute Gasteiger partial charge is 0.462 e. The van der Waals surface area contributed by atoms with Crippen molar-refractivity contribution in [1.82, 2.24) is 0 Å². The fraction of sp³-hybridized carbons (Fsp3) is 0.692. The Morgan fingerprint density at radius 2 is 1.40 bits per heavy atom. The molecule has 0 spiro atoms. The highest BCUT2D eigenvalue weighted by atomic mass is 16.5. The average Bonchev–Trinajstić information content (AvgIpc) is 2.75. The van der Waals surface area contributed by atoms with Crippen molar-refractivity contribution in [3.05, 3.63) is 35.4 Å². The molecule has 0 aromatic heterocycles. The molecular formula is C26H42O4. The summed E-state index contributed by atoms with van der Waals surface area (Å²) in [6.07, 6.45) is 11.2. The van der Waals surface area contributed by atoms with Crippen LogP contribution in [0.1, 0.15) is 113 Å². The van der Waals surface area contributed by atoms with Gasteiger partial charge in [-0.25, -0.2) is 9.59 Å². The lowest BCUT2D eigenvalue weighted by Gasteiger charge is -2.15. The van der Waals surface area contributed by atoms with Gasteiger partial charge in [-0.1, -0.05) is 91.2 Å². The van der Waals surface area contributed by atoms with E-state index >= 15 is 0 Å². The molecule has 0 amide bonds. The van der Waals surface area contributed by atoms with Crippen LogP contribution in [0.4, 0.5) is 0 Å². The second-order valence-electron chi connectivity index (χ2n) is 8.65. The Morgan fingerprint density at radius 3 is 2.00 bits per heavy atom. The number of rotatable bonds is 16. The van der Waals surface area contributed by atoms with Gasteiger partial charge >= 0.3 is 11.9 Å². The van der Waals surface area contributed by atoms with E-state index in [1.807, 2.05) is 0 Å². The fourth-order valence-electron chi connectivity index (χ4n) is 3.44. The molecule has 170 valence electrons. The fourth-order valence-corrected chi connectivity index (χ4v) is 3.44. The van der Waals surface area contributed by atoms with E-state index in [-0.39, 0.29) is 0 Å². The lowest BCUT2D eigenvalue weighted by atomic mass is 10.0. The summed E-state index contributed by atoms with van der Waals surface area (Å²) >= 11 is 0. The average molecular weight is 419 g/mol. The van der Waals surface area contributed by atoms with Crippen LogP contribution in [-0.4, -0.2) is 25.2 Å². The number of carbonyl (C=O) groups excluding carboxylic acids is 2. The molecule has 1 unspecified atom stereocenters. The van der Waals surface area contributed by atoms with E-state index in [9.17, 15) is 9.59 Å². The van der Waals surface area contributed by atoms with Gasteiger partial charge in [0.05, 0.1) is 24.3 Å². The Bertz CT molecular complexity index is 609. The van der Waals surface area contributed by atoms with Crippen molar-refractivity contribution in [3.8, 4) is 0 Å². The molecule has 0 fully saturated rings. The Morgan fingerprint density at radius 1 is 0.800 bits per heavy atom. The maximum atomic E-state index is 12.6. The molecule has 4 nitrogen and oxygen atoms in total. The Hall–Kier alpha value is -1.84. The highest BCUT2D eigenvalue weighted by Gasteiger charge is 2.20. The van der Waals surface area contributed by atoms with Crippen LogP contribution in [0.2, 0.25) is 0 Å². The molecule has 0 aliphatic rings. The summed E-state index contributed by atoms with van der Waals surface area (Å²) in [4.78, 5) is 25.0. The summed E-state index contributed by atoms with van der Waals surface area (Å²) in [6, 6.07) is 6.77. The molecule has 1 rings (SSSR count). The minimum atomic E-state index is -0.444. The smallest absolute Gasteiger partial charge is 0.339 e. The summed E-state index contributed by atoms with van der Waals surface area (Å²) in [5.41, 5.74) is 0.586. The van der Waals surface area contributed by atoms with Crippen molar-refractivity contribution < 1.29 is 19.1 Å². The first-order valence-electron chi connectivity index (χ1n) is 11.9. The van der Waals surface area contributed by atoms with E-state index < -0.39 is 11.9 Å². The highest BCUT2D eigenvalue weighted by Crippen LogP contribution is 2.17. The maximum Gasteiger partial charge on any atom is 0.339 e. The van der Waals surface area contributed by atoms with Gasteiger partial charge in [0, 0.05) is 0 Å². The quantitative estimate of drug-likeness (QED) is 0.210. The molecule has 0 heterocycles. The third-order valence-electron chi connectivity index (χ3n) is 5.52. The molecule has 30 heavy (non-hydrogen) atoms. The van der Waals surface area contributed by atoms with Gasteiger partial charge in [-0.2, -0.15) is 0 Å². The normalized spacial score (nSPS) is 12.0. The Kier molecular flexibility index (Phi) is 13.9. The number of hydrogen-bond donors (Lipinski definition) is 0. The van der Waals surface area contributed by atoms with E-state index in [1.165, 1.54) is 25.7 Å². The summed E-state index contributed by atoms with van der Waals surface area (Å²) in [5.74, 6) is 0.249. The third-order valence-corrected chi connectivity index (χ3v) is 5.52. The van der Waals surface area contributed by atoms with Crippen LogP contribution in [0.3, 0.4) is 0 Å². The van der Waals surface area contributed by atoms with Gasteiger partial charge in [0.15, 0.2) is 0 Å². The lowest BCUT2D eigenvalue weighted by molar-refractivity contribution is 0.0404. The third kappa shape index (κ3) is 10.8. The van der Waals surface area contributed by atoms with E-state index in [2.05, 4.69) is 27.7 Å². The number of benzene rings is 1. The standard InChI is InChI=1S/C26H42O4/c1-5-7-16-22(6-2)20-30-26(28)24-18-13-12-17-23(24)25(27)29-19-14-10-8-9-11-15-21(3)4/h12-13,17-18,21-22H,5-11,14-16,19-20H2,1-4H3. The van der Waals surface area contributed by atoms with Gasteiger partial charge in [0.2, 0.25) is 0 Å². The number of ether oxygens (including phenoxy) is 2. The molecule has 1 aromatic rings. The zero-order valence-corrected chi connectivity index (χ0v) is 19.6. The van der Waals surface area contributed by atoms with Crippen molar-refractivity contribution in [2.24, 2.45) is 11.8 Å². The topological polar surface area (TPSA) is 52.6 Å². The minimum absolute atomic E-state index is 0.293. The van der Waals surface area contributed by atoms with Crippen molar-refractivity contribution in [3.63, 3.8) is 0 Å². The van der Waals surface area contributed by atoms with Gasteiger partial charge in [-0.3, -0.25) is 0 Å². The summed E-state index contributed by atoms with van der Waals surface area (Å²) in [7, 11) is 0. The lowest BCUT2D eigenvalue weighted by Crippen LogP contribution is -2.17. The predicted molar refractivity (Wildman–Crippen MR) is 123 cm³/mol. The van der Waals surface area contributed by atoms with E-state index in [4.69, 9.17) is 9.47 Å². The van der Waals surface area contributed by atoms with E-state index in [0.29, 0.717) is 30.3 Å². The summed E-state index contributed by atoms with van der Waals surface area (Å²) in [6.45, 7) is 9.57. The Balaban J connectivity index is 2.43. The molecule has 0 N–H and O–H groups in total. The zero-order chi connectivity index (χ0) is 22.2. The van der Waals surface area contributed by atoms with Gasteiger partial charge in [0.1, 0.15) is 0 Å². The summed E-state index contributed by atoms with van der Waals surface area (Å²) < 4.78 is 10.9. The van der Waals surface area contributed by atoms with E-state index in [0.717, 1.165) is 44.4 Å². The molecule has 0 saturated heterocycles. The van der Waals surface area contributed by atoms with Gasteiger partial charge in [-0.15, -0.1) is 0 Å². The molecule has 0 bridgehead atoms. The molecular weight excluding hydrogens is 376 g/mol. The van der Waals surface area contributed by atoms with Gasteiger partial charge < -0.3 is 9.47 Å². The monoisotopic (exact) mass is 418 g/mol. The van der Waals surface area contributed by atoms with Crippen LogP contribution in [0.25, 0.3) is 0 Å². The van der Waals surface area contributed by atoms with Crippen LogP contribution in [0, 0.1) is 11.8 Å². The molecule has 0 aliphatic heterocycles. The van der Waals surface area contributed by atoms with Crippen molar-refractivity contribution >= 4 is 11.9 Å². The molecule has 0 aliphatic carbocycles. The molecule has 1 atom stereocenters. The highest BCUT2D eigenvalue weighted by molar-refractivity contribution is 6.03. The van der Waals surface area contributed by atoms with Gasteiger partial charge in [0.25, 0.3) is 0 Å². The van der Waals surface area contributed by atoms with Gasteiger partial charge in [-0.05, 0) is 36.8 Å². The number of esters is 2. The zero-order valence-electron chi connectivity index (χ0n) is 19.6. The summed E-state index contributed by atoms with van der Waals surface area (Å²) in [5, 5.41) is 0. The number of hydrogen-bond acceptors (Lipinski definition) is 4. The van der Waals surface area contributed by atoms with Crippen LogP contribution in [-0.2, 0) is 9.47 Å². The van der Waals surface area contributed by atoms with Crippen LogP contribution >= 0.6 is 0 Å². The molecule has 1 aromatic carbocycles. The van der Waals surface area contributed by atoms with E-state index in [1.54, 1.807) is 24.3 Å². The van der Waals surface area contributed by atoms with Crippen LogP contribution < -0.4 is 0 Å². The van der Waals surface area contributed by atoms with Crippen molar-refractivity contribution in [1.29, 1.82) is 0 Å². The molecule has 4 heteroatoms. The van der Waals surface area contributed by atoms with Crippen LogP contribution in [0.5, 0.6) is 0 Å². The second kappa shape index (κ2) is 15.9. The maximum absolute atomic E-state index is 12.6. The second-order valence-corrected chi connectivity index (χ2v) is 8.65. The SMILES string of the molecule is CCCCC(CC)COC(=O)c1ccccc1C(=O)OCCCCCCCC(C)C. The van der Waals surface area contributed by atoms with Crippen molar-refractivity contribution in [2.75, 3.05) is 13.2 Å². The first-order chi connectivity index (χ1) is 14.5. The first kappa shape index (κ1) is 26.2. The predicted octanol–water partition coefficient (Wildman–Crippen LogP) is 7.21. The first-order valence-corrected chi connectivity index (χ1v) is 11.9.